The fraction of sp³-hybridized carbons (Fsp3) is 0.212. The van der Waals surface area contributed by atoms with Crippen molar-refractivity contribution < 1.29 is 23.8 Å². The molecule has 0 saturated carbocycles. The fourth-order valence-corrected chi connectivity index (χ4v) is 4.65. The van der Waals surface area contributed by atoms with Crippen LogP contribution < -0.4 is 9.47 Å². The third kappa shape index (κ3) is 6.61. The molecule has 0 bridgehead atoms. The summed E-state index contributed by atoms with van der Waals surface area (Å²) in [4.78, 5) is 15.9. The second-order valence-corrected chi connectivity index (χ2v) is 9.55. The van der Waals surface area contributed by atoms with E-state index < -0.39 is 5.97 Å². The number of hydrogen-bond donors (Lipinski definition) is 1. The van der Waals surface area contributed by atoms with E-state index in [2.05, 4.69) is 15.7 Å². The smallest absolute Gasteiger partial charge is 0.303 e. The average molecular weight is 537 g/mol. The number of rotatable bonds is 12. The van der Waals surface area contributed by atoms with Crippen molar-refractivity contribution in [1.29, 1.82) is 0 Å². The maximum absolute atomic E-state index is 11.3. The van der Waals surface area contributed by atoms with Crippen LogP contribution in [0.1, 0.15) is 35.9 Å². The molecule has 0 spiro atoms. The molecule has 7 nitrogen and oxygen atoms in total. The zero-order valence-electron chi connectivity index (χ0n) is 22.7. The average Bonchev–Trinajstić information content (AvgIpc) is 3.54. The Morgan fingerprint density at radius 3 is 2.27 bits per heavy atom. The van der Waals surface area contributed by atoms with Gasteiger partial charge in [-0.15, -0.1) is 0 Å². The van der Waals surface area contributed by atoms with E-state index in [1.54, 1.807) is 0 Å². The Morgan fingerprint density at radius 2 is 1.60 bits per heavy atom. The lowest BCUT2D eigenvalue weighted by Crippen LogP contribution is -2.02. The van der Waals surface area contributed by atoms with E-state index >= 15 is 0 Å². The number of aromatic nitrogens is 2. The second kappa shape index (κ2) is 12.4. The molecule has 0 radical (unpaired) electrons. The molecule has 3 aromatic carbocycles. The van der Waals surface area contributed by atoms with E-state index in [1.165, 1.54) is 0 Å². The van der Waals surface area contributed by atoms with Gasteiger partial charge in [-0.2, -0.15) is 0 Å². The molecule has 0 saturated heterocycles. The van der Waals surface area contributed by atoms with Crippen LogP contribution in [0.25, 0.3) is 22.6 Å². The highest BCUT2D eigenvalue weighted by Gasteiger charge is 2.14. The molecule has 0 aliphatic carbocycles. The Morgan fingerprint density at radius 1 is 0.925 bits per heavy atom. The number of aliphatic carboxylic acids is 1. The largest absolute Gasteiger partial charge is 0.494 e. The van der Waals surface area contributed by atoms with E-state index in [4.69, 9.17) is 13.9 Å². The summed E-state index contributed by atoms with van der Waals surface area (Å²) < 4.78 is 20.0. The van der Waals surface area contributed by atoms with Crippen LogP contribution >= 0.6 is 0 Å². The number of carbonyl (C=O) groups is 1. The van der Waals surface area contributed by atoms with Crippen LogP contribution in [-0.4, -0.2) is 27.2 Å². The number of carboxylic acid groups (broad SMARTS) is 1. The number of nitrogens with zero attached hydrogens (tertiary/aromatic N) is 2. The Kier molecular flexibility index (Phi) is 8.30. The summed E-state index contributed by atoms with van der Waals surface area (Å²) in [6.45, 7) is 5.21. The first-order valence-corrected chi connectivity index (χ1v) is 13.4. The third-order valence-electron chi connectivity index (χ3n) is 6.56. The highest BCUT2D eigenvalue weighted by Crippen LogP contribution is 2.29. The van der Waals surface area contributed by atoms with Gasteiger partial charge >= 0.3 is 5.97 Å². The molecule has 204 valence electrons. The molecule has 2 aromatic heterocycles. The van der Waals surface area contributed by atoms with Crippen LogP contribution in [0, 0.1) is 6.92 Å². The van der Waals surface area contributed by atoms with E-state index in [0.29, 0.717) is 31.2 Å². The number of aryl methyl sites for hydroxylation is 2. The molecule has 1 N–H and O–H groups in total. The Bertz CT molecular complexity index is 1570. The molecule has 2 heterocycles. The van der Waals surface area contributed by atoms with Crippen molar-refractivity contribution in [2.45, 2.75) is 39.8 Å². The van der Waals surface area contributed by atoms with Crippen molar-refractivity contribution in [1.82, 2.24) is 9.55 Å². The Labute approximate surface area is 233 Å². The molecule has 0 unspecified atom stereocenters. The van der Waals surface area contributed by atoms with Gasteiger partial charge < -0.3 is 23.6 Å². The predicted octanol–water partition coefficient (Wildman–Crippen LogP) is 7.16. The summed E-state index contributed by atoms with van der Waals surface area (Å²) in [5.41, 5.74) is 5.76. The number of benzene rings is 3. The van der Waals surface area contributed by atoms with Crippen LogP contribution in [-0.2, 0) is 24.4 Å². The lowest BCUT2D eigenvalue weighted by molar-refractivity contribution is -0.136. The van der Waals surface area contributed by atoms with Crippen LogP contribution in [0.2, 0.25) is 0 Å². The molecule has 0 amide bonds. The molecule has 0 aliphatic heterocycles. The van der Waals surface area contributed by atoms with Crippen LogP contribution in [0.15, 0.2) is 95.7 Å². The number of ether oxygens (including phenoxy) is 2. The van der Waals surface area contributed by atoms with Crippen LogP contribution in [0.3, 0.4) is 0 Å². The van der Waals surface area contributed by atoms with Gasteiger partial charge in [0.05, 0.1) is 6.61 Å². The lowest BCUT2D eigenvalue weighted by atomic mass is 10.0. The summed E-state index contributed by atoms with van der Waals surface area (Å²) in [7, 11) is 0. The molecule has 7 heteroatoms. The standard InChI is InChI=1S/C33H32N2O5/c1-3-38-28-16-24(19-35-20-27(14-15-32(36)37)30(21-35)25-10-6-4-7-11-25)17-29(18-28)39-22-31-23(2)40-33(34-31)26-12-8-5-9-13-26/h4-13,16-18,20-21H,3,14-15,19,22H2,1-2H3,(H,36,37). The van der Waals surface area contributed by atoms with Gasteiger partial charge in [0.1, 0.15) is 29.6 Å². The van der Waals surface area contributed by atoms with Gasteiger partial charge in [-0.3, -0.25) is 4.79 Å². The first-order valence-electron chi connectivity index (χ1n) is 13.4. The van der Waals surface area contributed by atoms with Crippen molar-refractivity contribution in [3.05, 3.63) is 114 Å². The van der Waals surface area contributed by atoms with E-state index in [9.17, 15) is 9.90 Å². The van der Waals surface area contributed by atoms with E-state index in [-0.39, 0.29) is 13.0 Å². The summed E-state index contributed by atoms with van der Waals surface area (Å²) in [5, 5.41) is 9.25. The molecule has 5 aromatic rings. The van der Waals surface area contributed by atoms with Crippen LogP contribution in [0.5, 0.6) is 11.5 Å². The van der Waals surface area contributed by atoms with Crippen molar-refractivity contribution in [2.75, 3.05) is 6.61 Å². The minimum absolute atomic E-state index is 0.0785. The highest BCUT2D eigenvalue weighted by molar-refractivity contribution is 5.70. The quantitative estimate of drug-likeness (QED) is 0.182. The van der Waals surface area contributed by atoms with Gasteiger partial charge in [-0.1, -0.05) is 48.5 Å². The van der Waals surface area contributed by atoms with Crippen molar-refractivity contribution in [3.8, 4) is 34.1 Å². The first kappa shape index (κ1) is 26.8. The monoisotopic (exact) mass is 536 g/mol. The Balaban J connectivity index is 1.37. The Hall–Kier alpha value is -4.78. The molecule has 0 aliphatic rings. The minimum Gasteiger partial charge on any atom is -0.494 e. The number of carboxylic acids is 1. The third-order valence-corrected chi connectivity index (χ3v) is 6.56. The summed E-state index contributed by atoms with van der Waals surface area (Å²) in [5.74, 6) is 1.87. The molecule has 0 atom stereocenters. The zero-order valence-corrected chi connectivity index (χ0v) is 22.7. The van der Waals surface area contributed by atoms with E-state index in [1.807, 2.05) is 98.9 Å². The molecule has 5 rings (SSSR count). The maximum atomic E-state index is 11.3. The van der Waals surface area contributed by atoms with Gasteiger partial charge in [0, 0.05) is 42.6 Å². The van der Waals surface area contributed by atoms with Crippen molar-refractivity contribution >= 4 is 5.97 Å². The van der Waals surface area contributed by atoms with Gasteiger partial charge in [0.2, 0.25) is 5.89 Å². The van der Waals surface area contributed by atoms with Gasteiger partial charge in [0.15, 0.2) is 0 Å². The molecule has 0 fully saturated rings. The summed E-state index contributed by atoms with van der Waals surface area (Å²) in [6.07, 6.45) is 4.64. The molecular formula is C33H32N2O5. The number of hydrogen-bond acceptors (Lipinski definition) is 5. The van der Waals surface area contributed by atoms with Gasteiger partial charge in [-0.05, 0) is 61.2 Å². The normalized spacial score (nSPS) is 10.9. The van der Waals surface area contributed by atoms with Crippen LogP contribution in [0.4, 0.5) is 0 Å². The highest BCUT2D eigenvalue weighted by atomic mass is 16.5. The van der Waals surface area contributed by atoms with Gasteiger partial charge in [-0.25, -0.2) is 4.98 Å². The molecular weight excluding hydrogens is 504 g/mol. The summed E-state index contributed by atoms with van der Waals surface area (Å²) in [6, 6.07) is 25.7. The maximum Gasteiger partial charge on any atom is 0.303 e. The van der Waals surface area contributed by atoms with Crippen molar-refractivity contribution in [2.24, 2.45) is 0 Å². The zero-order chi connectivity index (χ0) is 27.9. The topological polar surface area (TPSA) is 86.7 Å². The predicted molar refractivity (Wildman–Crippen MR) is 154 cm³/mol. The fourth-order valence-electron chi connectivity index (χ4n) is 4.65. The second-order valence-electron chi connectivity index (χ2n) is 9.55. The molecule has 40 heavy (non-hydrogen) atoms. The van der Waals surface area contributed by atoms with E-state index in [0.717, 1.165) is 45.0 Å². The first-order chi connectivity index (χ1) is 19.5. The SMILES string of the molecule is CCOc1cc(Cn2cc(CCC(=O)O)c(-c3ccccc3)c2)cc(OCc2nc(-c3ccccc3)oc2C)c1. The minimum atomic E-state index is -0.809. The lowest BCUT2D eigenvalue weighted by Gasteiger charge is -2.12. The number of oxazole rings is 1. The van der Waals surface area contributed by atoms with Gasteiger partial charge in [0.25, 0.3) is 0 Å². The van der Waals surface area contributed by atoms with Crippen molar-refractivity contribution in [3.63, 3.8) is 0 Å². The summed E-state index contributed by atoms with van der Waals surface area (Å²) >= 11 is 0.